The van der Waals surface area contributed by atoms with Crippen molar-refractivity contribution in [2.75, 3.05) is 0 Å². The van der Waals surface area contributed by atoms with Gasteiger partial charge in [0.05, 0.1) is 0 Å². The lowest BCUT2D eigenvalue weighted by Crippen LogP contribution is -2.00. The Hall–Kier alpha value is -2.18. The van der Waals surface area contributed by atoms with Gasteiger partial charge in [-0.05, 0) is 18.2 Å². The maximum absolute atomic E-state index is 13.4. The van der Waals surface area contributed by atoms with Crippen molar-refractivity contribution in [1.82, 2.24) is 0 Å². The average Bonchev–Trinajstić information content (AvgIpc) is 2.40. The Kier molecular flexibility index (Phi) is 3.71. The molecule has 0 radical (unpaired) electrons. The summed E-state index contributed by atoms with van der Waals surface area (Å²) in [7, 11) is 0. The monoisotopic (exact) mass is 244 g/mol. The molecular weight excluding hydrogens is 234 g/mol. The number of aliphatic hydroxyl groups excluding tert-OH is 1. The van der Waals surface area contributed by atoms with E-state index >= 15 is 0 Å². The Morgan fingerprint density at radius 2 is 1.67 bits per heavy atom. The third-order valence-electron chi connectivity index (χ3n) is 2.40. The first-order valence-electron chi connectivity index (χ1n) is 5.37. The van der Waals surface area contributed by atoms with E-state index in [2.05, 4.69) is 11.8 Å². The summed E-state index contributed by atoms with van der Waals surface area (Å²) >= 11 is 0. The second kappa shape index (κ2) is 5.44. The maximum atomic E-state index is 13.4. The molecule has 0 heterocycles. The van der Waals surface area contributed by atoms with Crippen LogP contribution in [0.1, 0.15) is 17.2 Å². The molecule has 0 aromatic heterocycles. The van der Waals surface area contributed by atoms with Crippen LogP contribution in [0, 0.1) is 23.5 Å². The van der Waals surface area contributed by atoms with Gasteiger partial charge < -0.3 is 5.11 Å². The Labute approximate surface area is 104 Å². The minimum Gasteiger partial charge on any atom is -0.376 e. The molecule has 18 heavy (non-hydrogen) atoms. The molecule has 0 aliphatic carbocycles. The number of hydrogen-bond donors (Lipinski definition) is 1. The zero-order valence-corrected chi connectivity index (χ0v) is 9.40. The van der Waals surface area contributed by atoms with E-state index in [0.29, 0.717) is 5.56 Å². The van der Waals surface area contributed by atoms with E-state index in [4.69, 9.17) is 0 Å². The van der Waals surface area contributed by atoms with Crippen molar-refractivity contribution >= 4 is 0 Å². The largest absolute Gasteiger partial charge is 0.376 e. The predicted molar refractivity (Wildman–Crippen MR) is 64.6 cm³/mol. The van der Waals surface area contributed by atoms with E-state index in [9.17, 15) is 13.9 Å². The summed E-state index contributed by atoms with van der Waals surface area (Å²) in [5.41, 5.74) is 0.548. The zero-order chi connectivity index (χ0) is 13.0. The Morgan fingerprint density at radius 3 is 2.39 bits per heavy atom. The molecule has 0 aliphatic rings. The third-order valence-corrected chi connectivity index (χ3v) is 2.40. The Balaban J connectivity index is 2.26. The fourth-order valence-electron chi connectivity index (χ4n) is 1.48. The van der Waals surface area contributed by atoms with Gasteiger partial charge in [-0.3, -0.25) is 0 Å². The Bertz CT molecular complexity index is 597. The van der Waals surface area contributed by atoms with Gasteiger partial charge in [0, 0.05) is 11.1 Å². The Morgan fingerprint density at radius 1 is 0.944 bits per heavy atom. The minimum atomic E-state index is -1.35. The number of rotatable bonds is 1. The molecule has 0 saturated carbocycles. The fourth-order valence-corrected chi connectivity index (χ4v) is 1.48. The van der Waals surface area contributed by atoms with Crippen LogP contribution in [0.2, 0.25) is 0 Å². The van der Waals surface area contributed by atoms with Crippen molar-refractivity contribution in [2.24, 2.45) is 0 Å². The summed E-state index contributed by atoms with van der Waals surface area (Å²) in [5.74, 6) is 3.13. The van der Waals surface area contributed by atoms with Crippen LogP contribution in [0.5, 0.6) is 0 Å². The lowest BCUT2D eigenvalue weighted by molar-refractivity contribution is 0.231. The van der Waals surface area contributed by atoms with Crippen LogP contribution in [-0.4, -0.2) is 5.11 Å². The molecule has 90 valence electrons. The summed E-state index contributed by atoms with van der Waals surface area (Å²) in [6.07, 6.45) is -1.35. The van der Waals surface area contributed by atoms with Crippen LogP contribution >= 0.6 is 0 Å². The molecule has 0 aliphatic heterocycles. The van der Waals surface area contributed by atoms with Crippen LogP contribution in [-0.2, 0) is 0 Å². The van der Waals surface area contributed by atoms with Crippen molar-refractivity contribution in [3.05, 3.63) is 71.3 Å². The highest BCUT2D eigenvalue weighted by Gasteiger charge is 2.13. The van der Waals surface area contributed by atoms with E-state index in [1.165, 1.54) is 12.1 Å². The van der Waals surface area contributed by atoms with Crippen molar-refractivity contribution in [3.63, 3.8) is 0 Å². The van der Waals surface area contributed by atoms with Gasteiger partial charge in [0.2, 0.25) is 0 Å². The molecule has 1 atom stereocenters. The first kappa shape index (κ1) is 12.3. The second-order valence-corrected chi connectivity index (χ2v) is 3.68. The SMILES string of the molecule is OC(C#Cc1ccccc1)c1cccc(F)c1F. The van der Waals surface area contributed by atoms with Gasteiger partial charge in [-0.1, -0.05) is 42.2 Å². The molecular formula is C15H10F2O. The lowest BCUT2D eigenvalue weighted by atomic mass is 10.1. The number of hydrogen-bond acceptors (Lipinski definition) is 1. The van der Waals surface area contributed by atoms with E-state index in [1.807, 2.05) is 6.07 Å². The number of halogens is 2. The first-order valence-corrected chi connectivity index (χ1v) is 5.37. The van der Waals surface area contributed by atoms with Crippen molar-refractivity contribution in [1.29, 1.82) is 0 Å². The maximum Gasteiger partial charge on any atom is 0.165 e. The quantitative estimate of drug-likeness (QED) is 0.764. The van der Waals surface area contributed by atoms with Gasteiger partial charge in [0.25, 0.3) is 0 Å². The highest BCUT2D eigenvalue weighted by Crippen LogP contribution is 2.18. The van der Waals surface area contributed by atoms with Gasteiger partial charge in [-0.2, -0.15) is 0 Å². The zero-order valence-electron chi connectivity index (χ0n) is 9.40. The summed E-state index contributed by atoms with van der Waals surface area (Å²) in [5, 5.41) is 9.71. The van der Waals surface area contributed by atoms with Crippen molar-refractivity contribution in [3.8, 4) is 11.8 Å². The third kappa shape index (κ3) is 2.73. The van der Waals surface area contributed by atoms with Crippen molar-refractivity contribution in [2.45, 2.75) is 6.10 Å². The fraction of sp³-hybridized carbons (Fsp3) is 0.0667. The molecule has 0 amide bonds. The molecule has 2 aromatic rings. The highest BCUT2D eigenvalue weighted by molar-refractivity contribution is 5.37. The summed E-state index contributed by atoms with van der Waals surface area (Å²) in [6.45, 7) is 0. The summed E-state index contributed by atoms with van der Waals surface area (Å²) in [4.78, 5) is 0. The molecule has 0 spiro atoms. The second-order valence-electron chi connectivity index (χ2n) is 3.68. The molecule has 1 unspecified atom stereocenters. The molecule has 1 nitrogen and oxygen atoms in total. The summed E-state index contributed by atoms with van der Waals surface area (Å²) < 4.78 is 26.3. The highest BCUT2D eigenvalue weighted by atomic mass is 19.2. The van der Waals surface area contributed by atoms with Crippen LogP contribution in [0.3, 0.4) is 0 Å². The predicted octanol–water partition coefficient (Wildman–Crippen LogP) is 3.05. The molecule has 3 heteroatoms. The molecule has 1 N–H and O–H groups in total. The van der Waals surface area contributed by atoms with Crippen molar-refractivity contribution < 1.29 is 13.9 Å². The standard InChI is InChI=1S/C15H10F2O/c16-13-8-4-7-12(15(13)17)14(18)10-9-11-5-2-1-3-6-11/h1-8,14,18H. The van der Waals surface area contributed by atoms with Gasteiger partial charge in [-0.25, -0.2) is 8.78 Å². The van der Waals surface area contributed by atoms with E-state index in [1.54, 1.807) is 24.3 Å². The van der Waals surface area contributed by atoms with Crippen LogP contribution in [0.15, 0.2) is 48.5 Å². The molecule has 2 aromatic carbocycles. The molecule has 0 fully saturated rings. The lowest BCUT2D eigenvalue weighted by Gasteiger charge is -2.05. The first-order chi connectivity index (χ1) is 8.68. The minimum absolute atomic E-state index is 0.154. The molecule has 0 saturated heterocycles. The van der Waals surface area contributed by atoms with Crippen LogP contribution in [0.4, 0.5) is 8.78 Å². The van der Waals surface area contributed by atoms with E-state index in [0.717, 1.165) is 6.07 Å². The molecule has 2 rings (SSSR count). The van der Waals surface area contributed by atoms with Gasteiger partial charge in [0.15, 0.2) is 11.6 Å². The molecule has 0 bridgehead atoms. The number of aliphatic hydroxyl groups is 1. The normalized spacial score (nSPS) is 11.5. The topological polar surface area (TPSA) is 20.2 Å². The summed E-state index contributed by atoms with van der Waals surface area (Å²) in [6, 6.07) is 12.6. The van der Waals surface area contributed by atoms with Gasteiger partial charge >= 0.3 is 0 Å². The smallest absolute Gasteiger partial charge is 0.165 e. The number of benzene rings is 2. The average molecular weight is 244 g/mol. The van der Waals surface area contributed by atoms with Gasteiger partial charge in [0.1, 0.15) is 6.10 Å². The van der Waals surface area contributed by atoms with Crippen LogP contribution in [0.25, 0.3) is 0 Å². The van der Waals surface area contributed by atoms with E-state index in [-0.39, 0.29) is 5.56 Å². The van der Waals surface area contributed by atoms with Crippen LogP contribution < -0.4 is 0 Å². The van der Waals surface area contributed by atoms with Gasteiger partial charge in [-0.15, -0.1) is 0 Å². The van der Waals surface area contributed by atoms with E-state index < -0.39 is 17.7 Å².